The minimum absolute atomic E-state index is 0.159. The Balaban J connectivity index is 2.09. The van der Waals surface area contributed by atoms with Gasteiger partial charge in [-0.25, -0.2) is 9.78 Å². The molecule has 88 valence electrons. The minimum atomic E-state index is -0.944. The van der Waals surface area contributed by atoms with Gasteiger partial charge in [0.05, 0.1) is 0 Å². The number of hydrogen-bond donors (Lipinski definition) is 1. The second-order valence-electron chi connectivity index (χ2n) is 4.51. The number of anilines is 1. The predicted octanol–water partition coefficient (Wildman–Crippen LogP) is 2.32. The van der Waals surface area contributed by atoms with Gasteiger partial charge in [-0.15, -0.1) is 11.3 Å². The molecule has 2 heterocycles. The van der Waals surface area contributed by atoms with Gasteiger partial charge in [-0.2, -0.15) is 0 Å². The SMILES string of the molecule is CC1CCN(c2nc(C(=O)O)cs2)CC1C. The second-order valence-corrected chi connectivity index (χ2v) is 5.35. The third-order valence-corrected chi connectivity index (χ3v) is 4.22. The first-order valence-electron chi connectivity index (χ1n) is 5.51. The lowest BCUT2D eigenvalue weighted by Gasteiger charge is -2.35. The van der Waals surface area contributed by atoms with Crippen LogP contribution in [-0.2, 0) is 0 Å². The fourth-order valence-corrected chi connectivity index (χ4v) is 2.78. The smallest absolute Gasteiger partial charge is 0.355 e. The summed E-state index contributed by atoms with van der Waals surface area (Å²) in [5.41, 5.74) is 0.159. The summed E-state index contributed by atoms with van der Waals surface area (Å²) < 4.78 is 0. The highest BCUT2D eigenvalue weighted by Gasteiger charge is 2.24. The zero-order valence-corrected chi connectivity index (χ0v) is 10.3. The molecule has 0 spiro atoms. The molecule has 0 amide bonds. The Bertz CT molecular complexity index is 391. The zero-order chi connectivity index (χ0) is 11.7. The zero-order valence-electron chi connectivity index (χ0n) is 9.51. The highest BCUT2D eigenvalue weighted by Crippen LogP contribution is 2.28. The Hall–Kier alpha value is -1.10. The van der Waals surface area contributed by atoms with Gasteiger partial charge in [0.1, 0.15) is 0 Å². The van der Waals surface area contributed by atoms with E-state index in [1.54, 1.807) is 5.38 Å². The van der Waals surface area contributed by atoms with Gasteiger partial charge in [0.15, 0.2) is 10.8 Å². The van der Waals surface area contributed by atoms with Crippen molar-refractivity contribution < 1.29 is 9.90 Å². The van der Waals surface area contributed by atoms with Crippen molar-refractivity contribution in [2.24, 2.45) is 11.8 Å². The Morgan fingerprint density at radius 1 is 1.56 bits per heavy atom. The van der Waals surface area contributed by atoms with Crippen molar-refractivity contribution in [3.63, 3.8) is 0 Å². The van der Waals surface area contributed by atoms with Gasteiger partial charge in [-0.3, -0.25) is 0 Å². The Morgan fingerprint density at radius 2 is 2.31 bits per heavy atom. The molecule has 1 fully saturated rings. The van der Waals surface area contributed by atoms with Crippen molar-refractivity contribution >= 4 is 22.4 Å². The highest BCUT2D eigenvalue weighted by molar-refractivity contribution is 7.13. The summed E-state index contributed by atoms with van der Waals surface area (Å²) in [5.74, 6) is 0.446. The molecule has 0 aliphatic carbocycles. The molecular weight excluding hydrogens is 224 g/mol. The molecule has 1 aromatic heterocycles. The number of piperidine rings is 1. The Morgan fingerprint density at radius 3 is 2.88 bits per heavy atom. The molecule has 0 aromatic carbocycles. The average Bonchev–Trinajstić information content (AvgIpc) is 2.71. The van der Waals surface area contributed by atoms with E-state index in [1.807, 2.05) is 0 Å². The van der Waals surface area contributed by atoms with Crippen LogP contribution in [0.15, 0.2) is 5.38 Å². The average molecular weight is 240 g/mol. The molecule has 1 aromatic rings. The second kappa shape index (κ2) is 4.41. The van der Waals surface area contributed by atoms with Crippen LogP contribution in [0.2, 0.25) is 0 Å². The fourth-order valence-electron chi connectivity index (χ4n) is 1.94. The molecule has 1 aliphatic heterocycles. The van der Waals surface area contributed by atoms with Gasteiger partial charge >= 0.3 is 5.97 Å². The molecule has 2 unspecified atom stereocenters. The number of thiazole rings is 1. The maximum Gasteiger partial charge on any atom is 0.355 e. The van der Waals surface area contributed by atoms with E-state index in [-0.39, 0.29) is 5.69 Å². The summed E-state index contributed by atoms with van der Waals surface area (Å²) in [7, 11) is 0. The third kappa shape index (κ3) is 2.19. The lowest BCUT2D eigenvalue weighted by Crippen LogP contribution is -2.38. The molecular formula is C11H16N2O2S. The number of carboxylic acids is 1. The van der Waals surface area contributed by atoms with Crippen LogP contribution in [0, 0.1) is 11.8 Å². The number of carbonyl (C=O) groups is 1. The highest BCUT2D eigenvalue weighted by atomic mass is 32.1. The van der Waals surface area contributed by atoms with Gasteiger partial charge in [0.2, 0.25) is 0 Å². The van der Waals surface area contributed by atoms with Crippen molar-refractivity contribution in [3.05, 3.63) is 11.1 Å². The molecule has 2 rings (SSSR count). The van der Waals surface area contributed by atoms with Gasteiger partial charge < -0.3 is 10.0 Å². The summed E-state index contributed by atoms with van der Waals surface area (Å²) in [6.07, 6.45) is 1.16. The molecule has 5 heteroatoms. The Labute approximate surface area is 98.9 Å². The molecule has 0 bridgehead atoms. The summed E-state index contributed by atoms with van der Waals surface area (Å²) >= 11 is 1.42. The molecule has 0 saturated carbocycles. The number of rotatable bonds is 2. The third-order valence-electron chi connectivity index (χ3n) is 3.32. The van der Waals surface area contributed by atoms with E-state index in [0.717, 1.165) is 30.6 Å². The van der Waals surface area contributed by atoms with Gasteiger partial charge in [0, 0.05) is 18.5 Å². The van der Waals surface area contributed by atoms with E-state index in [2.05, 4.69) is 23.7 Å². The number of hydrogen-bond acceptors (Lipinski definition) is 4. The van der Waals surface area contributed by atoms with Crippen LogP contribution in [0.5, 0.6) is 0 Å². The lowest BCUT2D eigenvalue weighted by atomic mass is 9.89. The van der Waals surface area contributed by atoms with Crippen LogP contribution >= 0.6 is 11.3 Å². The summed E-state index contributed by atoms with van der Waals surface area (Å²) in [6, 6.07) is 0. The van der Waals surface area contributed by atoms with E-state index >= 15 is 0 Å². The first kappa shape index (κ1) is 11.4. The number of aromatic nitrogens is 1. The molecule has 1 N–H and O–H groups in total. The first-order chi connectivity index (χ1) is 7.58. The van der Waals surface area contributed by atoms with Crippen molar-refractivity contribution in [3.8, 4) is 0 Å². The van der Waals surface area contributed by atoms with E-state index in [0.29, 0.717) is 5.92 Å². The molecule has 16 heavy (non-hydrogen) atoms. The largest absolute Gasteiger partial charge is 0.476 e. The number of carboxylic acid groups (broad SMARTS) is 1. The van der Waals surface area contributed by atoms with Gasteiger partial charge in [-0.1, -0.05) is 13.8 Å². The minimum Gasteiger partial charge on any atom is -0.476 e. The summed E-state index contributed by atoms with van der Waals surface area (Å²) in [6.45, 7) is 6.47. The monoisotopic (exact) mass is 240 g/mol. The lowest BCUT2D eigenvalue weighted by molar-refractivity contribution is 0.0691. The van der Waals surface area contributed by atoms with Crippen molar-refractivity contribution in [2.45, 2.75) is 20.3 Å². The standard InChI is InChI=1S/C11H16N2O2S/c1-7-3-4-13(5-8(7)2)11-12-9(6-16-11)10(14)15/h6-8H,3-5H2,1-2H3,(H,14,15). The Kier molecular flexibility index (Phi) is 3.14. The normalized spacial score (nSPS) is 25.8. The van der Waals surface area contributed by atoms with E-state index in [4.69, 9.17) is 5.11 Å². The van der Waals surface area contributed by atoms with Crippen LogP contribution in [-0.4, -0.2) is 29.1 Å². The molecule has 1 saturated heterocycles. The quantitative estimate of drug-likeness (QED) is 0.862. The number of nitrogens with zero attached hydrogens (tertiary/aromatic N) is 2. The van der Waals surface area contributed by atoms with Crippen LogP contribution in [0.4, 0.5) is 5.13 Å². The number of aromatic carboxylic acids is 1. The van der Waals surface area contributed by atoms with Gasteiger partial charge in [0.25, 0.3) is 0 Å². The topological polar surface area (TPSA) is 53.4 Å². The maximum atomic E-state index is 10.7. The molecule has 2 atom stereocenters. The van der Waals surface area contributed by atoms with Crippen molar-refractivity contribution in [2.75, 3.05) is 18.0 Å². The van der Waals surface area contributed by atoms with E-state index in [1.165, 1.54) is 11.3 Å². The first-order valence-corrected chi connectivity index (χ1v) is 6.39. The summed E-state index contributed by atoms with van der Waals surface area (Å²) in [5, 5.41) is 11.3. The van der Waals surface area contributed by atoms with E-state index < -0.39 is 5.97 Å². The van der Waals surface area contributed by atoms with Crippen LogP contribution in [0.1, 0.15) is 30.8 Å². The van der Waals surface area contributed by atoms with Crippen LogP contribution < -0.4 is 4.90 Å². The molecule has 1 aliphatic rings. The molecule has 4 nitrogen and oxygen atoms in total. The van der Waals surface area contributed by atoms with Gasteiger partial charge in [-0.05, 0) is 18.3 Å². The fraction of sp³-hybridized carbons (Fsp3) is 0.636. The van der Waals surface area contributed by atoms with Crippen molar-refractivity contribution in [1.82, 2.24) is 4.98 Å². The predicted molar refractivity (Wildman–Crippen MR) is 64.2 cm³/mol. The maximum absolute atomic E-state index is 10.7. The molecule has 0 radical (unpaired) electrons. The van der Waals surface area contributed by atoms with Crippen molar-refractivity contribution in [1.29, 1.82) is 0 Å². The van der Waals surface area contributed by atoms with Crippen LogP contribution in [0.25, 0.3) is 0 Å². The van der Waals surface area contributed by atoms with Crippen LogP contribution in [0.3, 0.4) is 0 Å². The van der Waals surface area contributed by atoms with E-state index in [9.17, 15) is 4.79 Å². The summed E-state index contributed by atoms with van der Waals surface area (Å²) in [4.78, 5) is 17.1.